The van der Waals surface area contributed by atoms with Crippen molar-refractivity contribution in [1.29, 1.82) is 0 Å². The Morgan fingerprint density at radius 1 is 1.35 bits per heavy atom. The van der Waals surface area contributed by atoms with Crippen LogP contribution in [0.25, 0.3) is 0 Å². The van der Waals surface area contributed by atoms with Crippen molar-refractivity contribution in [2.75, 3.05) is 0 Å². The van der Waals surface area contributed by atoms with Gasteiger partial charge in [-0.05, 0) is 61.8 Å². The molecule has 2 heteroatoms. The molecular weight excluding hydrogens is 279 g/mol. The first-order valence-corrected chi connectivity index (χ1v) is 7.47. The summed E-state index contributed by atoms with van der Waals surface area (Å²) in [5.41, 5.74) is 2.37. The molecule has 1 aromatic carbocycles. The van der Waals surface area contributed by atoms with Gasteiger partial charge in [-0.1, -0.05) is 34.8 Å². The molecule has 1 aliphatic carbocycles. The Balaban J connectivity index is 1.88. The fourth-order valence-corrected chi connectivity index (χ4v) is 3.55. The smallest absolute Gasteiger partial charge is 0.123 e. The van der Waals surface area contributed by atoms with Gasteiger partial charge in [-0.3, -0.25) is 0 Å². The number of halogens is 2. The van der Waals surface area contributed by atoms with Gasteiger partial charge < -0.3 is 0 Å². The molecule has 2 rings (SSSR count). The van der Waals surface area contributed by atoms with Gasteiger partial charge in [0.2, 0.25) is 0 Å². The summed E-state index contributed by atoms with van der Waals surface area (Å²) in [5.74, 6) is 0.730. The summed E-state index contributed by atoms with van der Waals surface area (Å²) >= 11 is 3.83. The number of rotatable bonds is 4. The summed E-state index contributed by atoms with van der Waals surface area (Å²) in [7, 11) is 0. The highest BCUT2D eigenvalue weighted by Crippen LogP contribution is 2.33. The predicted molar refractivity (Wildman–Crippen MR) is 74.1 cm³/mol. The average Bonchev–Trinajstić information content (AvgIpc) is 2.81. The zero-order chi connectivity index (χ0) is 12.3. The molecule has 1 fully saturated rings. The standard InChI is InChI=1S/C15H20BrF/c1-11-10-14(17)8-6-12(11)7-9-15(16)13-4-2-3-5-13/h6,8,10,13,15H,2-5,7,9H2,1H3. The second-order valence-corrected chi connectivity index (χ2v) is 6.35. The molecule has 0 nitrogen and oxygen atoms in total. The normalized spacial score (nSPS) is 18.5. The third-order valence-electron chi connectivity index (χ3n) is 3.91. The second-order valence-electron chi connectivity index (χ2n) is 5.17. The van der Waals surface area contributed by atoms with Gasteiger partial charge in [0.05, 0.1) is 0 Å². The molecule has 0 saturated heterocycles. The first-order chi connectivity index (χ1) is 8.16. The Kier molecular flexibility index (Phi) is 4.61. The number of alkyl halides is 1. The van der Waals surface area contributed by atoms with E-state index in [0.717, 1.165) is 24.3 Å². The van der Waals surface area contributed by atoms with Crippen molar-refractivity contribution in [2.24, 2.45) is 5.92 Å². The van der Waals surface area contributed by atoms with Crippen LogP contribution in [0.4, 0.5) is 4.39 Å². The van der Waals surface area contributed by atoms with Crippen LogP contribution in [-0.4, -0.2) is 4.83 Å². The van der Waals surface area contributed by atoms with Gasteiger partial charge in [0, 0.05) is 4.83 Å². The SMILES string of the molecule is Cc1cc(F)ccc1CCC(Br)C1CCCC1. The number of benzene rings is 1. The zero-order valence-electron chi connectivity index (χ0n) is 10.4. The molecule has 0 aliphatic heterocycles. The summed E-state index contributed by atoms with van der Waals surface area (Å²) < 4.78 is 13.0. The minimum Gasteiger partial charge on any atom is -0.207 e. The van der Waals surface area contributed by atoms with E-state index < -0.39 is 0 Å². The number of hydrogen-bond donors (Lipinski definition) is 0. The van der Waals surface area contributed by atoms with Gasteiger partial charge in [-0.2, -0.15) is 0 Å². The van der Waals surface area contributed by atoms with Crippen LogP contribution in [0.15, 0.2) is 18.2 Å². The van der Waals surface area contributed by atoms with E-state index in [0.29, 0.717) is 4.83 Å². The lowest BCUT2D eigenvalue weighted by molar-refractivity contribution is 0.505. The van der Waals surface area contributed by atoms with Crippen molar-refractivity contribution < 1.29 is 4.39 Å². The highest BCUT2D eigenvalue weighted by atomic mass is 79.9. The summed E-state index contributed by atoms with van der Waals surface area (Å²) in [6, 6.07) is 5.13. The van der Waals surface area contributed by atoms with Gasteiger partial charge in [-0.25, -0.2) is 4.39 Å². The monoisotopic (exact) mass is 298 g/mol. The van der Waals surface area contributed by atoms with Gasteiger partial charge in [0.15, 0.2) is 0 Å². The second kappa shape index (κ2) is 5.99. The molecule has 0 bridgehead atoms. The molecule has 0 N–H and O–H groups in total. The Bertz CT molecular complexity index is 369. The van der Waals surface area contributed by atoms with E-state index in [1.165, 1.54) is 31.2 Å². The Labute approximate surface area is 112 Å². The molecule has 17 heavy (non-hydrogen) atoms. The third kappa shape index (κ3) is 3.54. The fraction of sp³-hybridized carbons (Fsp3) is 0.600. The van der Waals surface area contributed by atoms with Crippen LogP contribution in [0.3, 0.4) is 0 Å². The molecule has 1 unspecified atom stereocenters. The molecule has 1 atom stereocenters. The lowest BCUT2D eigenvalue weighted by atomic mass is 9.96. The van der Waals surface area contributed by atoms with Crippen LogP contribution in [0.1, 0.15) is 43.2 Å². The minimum atomic E-state index is -0.127. The highest BCUT2D eigenvalue weighted by Gasteiger charge is 2.22. The van der Waals surface area contributed by atoms with Gasteiger partial charge in [-0.15, -0.1) is 0 Å². The van der Waals surface area contributed by atoms with E-state index in [4.69, 9.17) is 0 Å². The molecule has 94 valence electrons. The molecule has 0 spiro atoms. The molecule has 0 aromatic heterocycles. The lowest BCUT2D eigenvalue weighted by Crippen LogP contribution is -2.12. The van der Waals surface area contributed by atoms with E-state index in [1.807, 2.05) is 13.0 Å². The molecular formula is C15H20BrF. The van der Waals surface area contributed by atoms with Gasteiger partial charge in [0.1, 0.15) is 5.82 Å². The molecule has 0 radical (unpaired) electrons. The summed E-state index contributed by atoms with van der Waals surface area (Å²) in [6.07, 6.45) is 7.75. The third-order valence-corrected chi connectivity index (χ3v) is 5.11. The summed E-state index contributed by atoms with van der Waals surface area (Å²) in [4.78, 5) is 0.634. The first-order valence-electron chi connectivity index (χ1n) is 6.56. The maximum Gasteiger partial charge on any atom is 0.123 e. The van der Waals surface area contributed by atoms with Crippen LogP contribution < -0.4 is 0 Å². The van der Waals surface area contributed by atoms with Crippen LogP contribution in [0.5, 0.6) is 0 Å². The molecule has 0 amide bonds. The fourth-order valence-electron chi connectivity index (χ4n) is 2.79. The van der Waals surface area contributed by atoms with Crippen molar-refractivity contribution in [2.45, 2.75) is 50.3 Å². The maximum atomic E-state index is 13.0. The topological polar surface area (TPSA) is 0 Å². The van der Waals surface area contributed by atoms with E-state index in [-0.39, 0.29) is 5.82 Å². The quantitative estimate of drug-likeness (QED) is 0.685. The van der Waals surface area contributed by atoms with Crippen LogP contribution in [-0.2, 0) is 6.42 Å². The van der Waals surface area contributed by atoms with Gasteiger partial charge >= 0.3 is 0 Å². The summed E-state index contributed by atoms with van der Waals surface area (Å²) in [6.45, 7) is 2.00. The van der Waals surface area contributed by atoms with Gasteiger partial charge in [0.25, 0.3) is 0 Å². The maximum absolute atomic E-state index is 13.0. The lowest BCUT2D eigenvalue weighted by Gasteiger charge is -2.17. The van der Waals surface area contributed by atoms with Crippen molar-refractivity contribution >= 4 is 15.9 Å². The van der Waals surface area contributed by atoms with Crippen LogP contribution in [0.2, 0.25) is 0 Å². The summed E-state index contributed by atoms with van der Waals surface area (Å²) in [5, 5.41) is 0. The number of hydrogen-bond acceptors (Lipinski definition) is 0. The van der Waals surface area contributed by atoms with Crippen molar-refractivity contribution in [3.05, 3.63) is 35.1 Å². The Morgan fingerprint density at radius 3 is 2.71 bits per heavy atom. The van der Waals surface area contributed by atoms with Crippen molar-refractivity contribution in [1.82, 2.24) is 0 Å². The first kappa shape index (κ1) is 13.1. The van der Waals surface area contributed by atoms with Crippen LogP contribution >= 0.6 is 15.9 Å². The largest absolute Gasteiger partial charge is 0.207 e. The Morgan fingerprint density at radius 2 is 2.06 bits per heavy atom. The molecule has 0 heterocycles. The highest BCUT2D eigenvalue weighted by molar-refractivity contribution is 9.09. The Hall–Kier alpha value is -0.370. The predicted octanol–water partition coefficient (Wildman–Crippen LogP) is 5.02. The minimum absolute atomic E-state index is 0.127. The van der Waals surface area contributed by atoms with E-state index >= 15 is 0 Å². The molecule has 1 aliphatic rings. The van der Waals surface area contributed by atoms with Crippen molar-refractivity contribution in [3.63, 3.8) is 0 Å². The zero-order valence-corrected chi connectivity index (χ0v) is 12.0. The average molecular weight is 299 g/mol. The van der Waals surface area contributed by atoms with E-state index in [2.05, 4.69) is 15.9 Å². The molecule has 1 aromatic rings. The van der Waals surface area contributed by atoms with Crippen LogP contribution in [0, 0.1) is 18.7 Å². The van der Waals surface area contributed by atoms with E-state index in [1.54, 1.807) is 12.1 Å². The van der Waals surface area contributed by atoms with E-state index in [9.17, 15) is 4.39 Å². The number of aryl methyl sites for hydroxylation is 2. The van der Waals surface area contributed by atoms with Crippen molar-refractivity contribution in [3.8, 4) is 0 Å². The molecule has 1 saturated carbocycles.